The molecule has 0 unspecified atom stereocenters. The third-order valence-electron chi connectivity index (χ3n) is 4.84. The van der Waals surface area contributed by atoms with E-state index in [2.05, 4.69) is 40.7 Å². The maximum Gasteiger partial charge on any atom is 0.435 e. The Morgan fingerprint density at radius 2 is 1.79 bits per heavy atom. The summed E-state index contributed by atoms with van der Waals surface area (Å²) < 4.78 is 39.4. The zero-order valence-electron chi connectivity index (χ0n) is 16.2. The van der Waals surface area contributed by atoms with Crippen molar-refractivity contribution >= 4 is 5.82 Å². The molecule has 152 valence electrons. The smallest absolute Gasteiger partial charge is 0.356 e. The Kier molecular flexibility index (Phi) is 5.45. The molecule has 1 aliphatic rings. The molecule has 1 aliphatic heterocycles. The summed E-state index contributed by atoms with van der Waals surface area (Å²) in [5.41, 5.74) is -1.70. The van der Waals surface area contributed by atoms with Crippen molar-refractivity contribution in [1.29, 1.82) is 0 Å². The zero-order chi connectivity index (χ0) is 20.5. The van der Waals surface area contributed by atoms with Crippen LogP contribution in [0.15, 0.2) is 29.2 Å². The molecule has 0 aromatic carbocycles. The molecule has 3 rings (SSSR count). The molecule has 0 aliphatic carbocycles. The van der Waals surface area contributed by atoms with Crippen molar-refractivity contribution in [1.82, 2.24) is 19.7 Å². The SMILES string of the molecule is CC(C)(C)c1nccc(N2CCC(Cn3nc(C(F)(F)F)ccc3=O)CC2)n1. The Bertz CT molecular complexity index is 880. The second-order valence-corrected chi connectivity index (χ2v) is 8.16. The molecule has 9 heteroatoms. The van der Waals surface area contributed by atoms with Gasteiger partial charge in [0.05, 0.1) is 0 Å². The van der Waals surface area contributed by atoms with E-state index < -0.39 is 17.4 Å². The van der Waals surface area contributed by atoms with Crippen LogP contribution in [0, 0.1) is 5.92 Å². The van der Waals surface area contributed by atoms with E-state index in [1.807, 2.05) is 6.07 Å². The van der Waals surface area contributed by atoms with Gasteiger partial charge in [-0.25, -0.2) is 14.6 Å². The average Bonchev–Trinajstić information content (AvgIpc) is 2.63. The Hall–Kier alpha value is -2.45. The largest absolute Gasteiger partial charge is 0.435 e. The Morgan fingerprint density at radius 1 is 1.11 bits per heavy atom. The van der Waals surface area contributed by atoms with Crippen molar-refractivity contribution in [3.63, 3.8) is 0 Å². The number of alkyl halides is 3. The number of aromatic nitrogens is 4. The summed E-state index contributed by atoms with van der Waals surface area (Å²) >= 11 is 0. The zero-order valence-corrected chi connectivity index (χ0v) is 16.2. The third kappa shape index (κ3) is 4.69. The van der Waals surface area contributed by atoms with E-state index in [0.29, 0.717) is 0 Å². The van der Waals surface area contributed by atoms with Crippen molar-refractivity contribution in [3.05, 3.63) is 46.3 Å². The molecular weight excluding hydrogens is 371 g/mol. The van der Waals surface area contributed by atoms with Crippen LogP contribution in [0.4, 0.5) is 19.0 Å². The highest BCUT2D eigenvalue weighted by atomic mass is 19.4. The lowest BCUT2D eigenvalue weighted by atomic mass is 9.95. The Balaban J connectivity index is 1.66. The van der Waals surface area contributed by atoms with E-state index in [-0.39, 0.29) is 17.9 Å². The predicted molar refractivity (Wildman–Crippen MR) is 99.2 cm³/mol. The van der Waals surface area contributed by atoms with Gasteiger partial charge < -0.3 is 4.90 Å². The summed E-state index contributed by atoms with van der Waals surface area (Å²) in [6.07, 6.45) is -1.31. The number of halogens is 3. The van der Waals surface area contributed by atoms with Gasteiger partial charge in [-0.2, -0.15) is 18.3 Å². The molecule has 1 saturated heterocycles. The minimum absolute atomic E-state index is 0.0915. The highest BCUT2D eigenvalue weighted by Gasteiger charge is 2.33. The van der Waals surface area contributed by atoms with Crippen LogP contribution in [0.3, 0.4) is 0 Å². The van der Waals surface area contributed by atoms with Crippen LogP contribution in [0.1, 0.15) is 45.1 Å². The number of nitrogens with zero attached hydrogens (tertiary/aromatic N) is 5. The Labute approximate surface area is 161 Å². The number of hydrogen-bond acceptors (Lipinski definition) is 5. The van der Waals surface area contributed by atoms with Crippen molar-refractivity contribution in [3.8, 4) is 0 Å². The number of hydrogen-bond donors (Lipinski definition) is 0. The van der Waals surface area contributed by atoms with Crippen molar-refractivity contribution < 1.29 is 13.2 Å². The van der Waals surface area contributed by atoms with Gasteiger partial charge >= 0.3 is 6.18 Å². The summed E-state index contributed by atoms with van der Waals surface area (Å²) in [6, 6.07) is 3.53. The van der Waals surface area contributed by atoms with Gasteiger partial charge in [0, 0.05) is 37.3 Å². The lowest BCUT2D eigenvalue weighted by molar-refractivity contribution is -0.142. The molecule has 6 nitrogen and oxygen atoms in total. The van der Waals surface area contributed by atoms with Gasteiger partial charge in [0.1, 0.15) is 11.6 Å². The van der Waals surface area contributed by atoms with Gasteiger partial charge in [0.15, 0.2) is 5.69 Å². The minimum Gasteiger partial charge on any atom is -0.356 e. The highest BCUT2D eigenvalue weighted by Crippen LogP contribution is 2.27. The molecule has 2 aromatic heterocycles. The van der Waals surface area contributed by atoms with E-state index in [4.69, 9.17) is 0 Å². The van der Waals surface area contributed by atoms with Crippen LogP contribution in [0.2, 0.25) is 0 Å². The first-order chi connectivity index (χ1) is 13.0. The molecule has 2 aromatic rings. The van der Waals surface area contributed by atoms with E-state index >= 15 is 0 Å². The molecule has 0 spiro atoms. The summed E-state index contributed by atoms with van der Waals surface area (Å²) in [7, 11) is 0. The van der Waals surface area contributed by atoms with Gasteiger partial charge in [0.25, 0.3) is 5.56 Å². The summed E-state index contributed by atoms with van der Waals surface area (Å²) in [5, 5.41) is 3.50. The molecule has 3 heterocycles. The van der Waals surface area contributed by atoms with E-state index in [0.717, 1.165) is 54.4 Å². The second kappa shape index (κ2) is 7.52. The standard InChI is InChI=1S/C19H24F3N5O/c1-18(2,3)17-23-9-6-15(24-17)26-10-7-13(8-11-26)12-27-16(28)5-4-14(25-27)19(20,21)22/h4-6,9,13H,7-8,10-12H2,1-3H3. The van der Waals surface area contributed by atoms with Crippen LogP contribution in [0.25, 0.3) is 0 Å². The fourth-order valence-corrected chi connectivity index (χ4v) is 3.21. The monoisotopic (exact) mass is 395 g/mol. The molecule has 0 N–H and O–H groups in total. The van der Waals surface area contributed by atoms with Gasteiger partial charge in [-0.15, -0.1) is 0 Å². The van der Waals surface area contributed by atoms with Crippen LogP contribution in [-0.4, -0.2) is 32.8 Å². The lowest BCUT2D eigenvalue weighted by Gasteiger charge is -2.33. The average molecular weight is 395 g/mol. The molecule has 0 atom stereocenters. The fourth-order valence-electron chi connectivity index (χ4n) is 3.21. The first-order valence-electron chi connectivity index (χ1n) is 9.28. The molecular formula is C19H24F3N5O. The highest BCUT2D eigenvalue weighted by molar-refractivity contribution is 5.38. The fraction of sp³-hybridized carbons (Fsp3) is 0.579. The molecule has 1 fully saturated rings. The Morgan fingerprint density at radius 3 is 2.39 bits per heavy atom. The van der Waals surface area contributed by atoms with Crippen LogP contribution in [0.5, 0.6) is 0 Å². The van der Waals surface area contributed by atoms with Crippen LogP contribution in [-0.2, 0) is 18.1 Å². The summed E-state index contributed by atoms with van der Waals surface area (Å²) in [4.78, 5) is 23.0. The number of rotatable bonds is 3. The van der Waals surface area contributed by atoms with Gasteiger partial charge in [-0.05, 0) is 30.9 Å². The van der Waals surface area contributed by atoms with Crippen LogP contribution < -0.4 is 10.5 Å². The van der Waals surface area contributed by atoms with Crippen LogP contribution >= 0.6 is 0 Å². The first-order valence-corrected chi connectivity index (χ1v) is 9.28. The molecule has 0 bridgehead atoms. The molecule has 28 heavy (non-hydrogen) atoms. The van der Waals surface area contributed by atoms with Gasteiger partial charge in [0.2, 0.25) is 0 Å². The maximum atomic E-state index is 12.8. The first kappa shape index (κ1) is 20.3. The van der Waals surface area contributed by atoms with E-state index in [1.54, 1.807) is 6.20 Å². The topological polar surface area (TPSA) is 63.9 Å². The van der Waals surface area contributed by atoms with Gasteiger partial charge in [-0.3, -0.25) is 4.79 Å². The van der Waals surface area contributed by atoms with Crippen molar-refractivity contribution in [2.24, 2.45) is 5.92 Å². The predicted octanol–water partition coefficient (Wildman–Crippen LogP) is 3.27. The molecule has 0 radical (unpaired) electrons. The summed E-state index contributed by atoms with van der Waals surface area (Å²) in [5.74, 6) is 1.72. The maximum absolute atomic E-state index is 12.8. The number of piperidine rings is 1. The summed E-state index contributed by atoms with van der Waals surface area (Å²) in [6.45, 7) is 7.79. The number of anilines is 1. The molecule has 0 amide bonds. The van der Waals surface area contributed by atoms with Gasteiger partial charge in [-0.1, -0.05) is 20.8 Å². The van der Waals surface area contributed by atoms with Crippen molar-refractivity contribution in [2.75, 3.05) is 18.0 Å². The minimum atomic E-state index is -4.56. The van der Waals surface area contributed by atoms with Crippen molar-refractivity contribution in [2.45, 2.75) is 51.7 Å². The quantitative estimate of drug-likeness (QED) is 0.798. The molecule has 0 saturated carbocycles. The van der Waals surface area contributed by atoms with E-state index in [9.17, 15) is 18.0 Å². The van der Waals surface area contributed by atoms with E-state index in [1.165, 1.54) is 0 Å². The lowest BCUT2D eigenvalue weighted by Crippen LogP contribution is -2.38. The third-order valence-corrected chi connectivity index (χ3v) is 4.84. The normalized spacial score (nSPS) is 16.4. The second-order valence-electron chi connectivity index (χ2n) is 8.16.